The lowest BCUT2D eigenvalue weighted by atomic mass is 9.68. The number of aryl methyl sites for hydroxylation is 1. The molecular formula is C43H51N3O12. The van der Waals surface area contributed by atoms with E-state index >= 15 is 0 Å². The number of nitrogens with zero attached hydrogens (tertiary/aromatic N) is 2. The van der Waals surface area contributed by atoms with E-state index in [2.05, 4.69) is 22.1 Å². The molecule has 2 fully saturated rings. The number of aliphatic hydroxyl groups excluding tert-OH is 4. The summed E-state index contributed by atoms with van der Waals surface area (Å²) in [4.78, 5) is 44.9. The van der Waals surface area contributed by atoms with E-state index in [0.29, 0.717) is 65.1 Å². The number of fused-ring (bicyclic) bond motifs is 3. The lowest BCUT2D eigenvalue weighted by Gasteiger charge is -2.49. The van der Waals surface area contributed by atoms with Crippen LogP contribution in [0.1, 0.15) is 62.3 Å². The third-order valence-electron chi connectivity index (χ3n) is 12.7. The van der Waals surface area contributed by atoms with Crippen LogP contribution in [-0.4, -0.2) is 104 Å². The molecule has 5 aliphatic rings. The molecule has 7 N–H and O–H groups in total. The molecule has 4 aliphatic heterocycles. The molecular weight excluding hydrogens is 750 g/mol. The fraction of sp³-hybridized carbons (Fsp3) is 0.512. The Labute approximate surface area is 334 Å². The van der Waals surface area contributed by atoms with Gasteiger partial charge in [0.15, 0.2) is 16.8 Å². The number of aromatic hydroxyl groups is 1. The van der Waals surface area contributed by atoms with Crippen LogP contribution in [0.4, 0.5) is 5.69 Å². The van der Waals surface area contributed by atoms with Crippen LogP contribution in [0.25, 0.3) is 11.0 Å². The molecule has 1 saturated carbocycles. The third-order valence-corrected chi connectivity index (χ3v) is 12.7. The fourth-order valence-corrected chi connectivity index (χ4v) is 9.58. The zero-order valence-electron chi connectivity index (χ0n) is 32.5. The average molecular weight is 802 g/mol. The lowest BCUT2D eigenvalue weighted by molar-refractivity contribution is -0.374. The molecule has 1 amide bonds. The number of aliphatic hydroxyl groups is 5. The van der Waals surface area contributed by atoms with E-state index in [1.54, 1.807) is 19.2 Å². The summed E-state index contributed by atoms with van der Waals surface area (Å²) in [5.41, 5.74) is 0.520. The molecule has 1 aliphatic carbocycles. The first-order chi connectivity index (χ1) is 27.8. The molecule has 15 heteroatoms. The van der Waals surface area contributed by atoms with Gasteiger partial charge in [0.1, 0.15) is 59.4 Å². The number of benzene rings is 2. The number of rotatable bonds is 13. The molecule has 310 valence electrons. The first-order valence-corrected chi connectivity index (χ1v) is 20.1. The number of hydrogen-bond donors (Lipinski definition) is 7. The maximum Gasteiger partial charge on any atom is 0.220 e. The maximum atomic E-state index is 13.7. The molecule has 0 bridgehead atoms. The van der Waals surface area contributed by atoms with Crippen LogP contribution in [-0.2, 0) is 27.4 Å². The van der Waals surface area contributed by atoms with Crippen molar-refractivity contribution in [1.29, 1.82) is 0 Å². The van der Waals surface area contributed by atoms with Gasteiger partial charge in [0.25, 0.3) is 0 Å². The summed E-state index contributed by atoms with van der Waals surface area (Å²) in [5, 5.41) is 66.8. The van der Waals surface area contributed by atoms with Gasteiger partial charge in [-0.05, 0) is 80.7 Å². The van der Waals surface area contributed by atoms with Gasteiger partial charge in [0, 0.05) is 55.4 Å². The number of carbonyl (C=O) groups excluding carboxylic acids is 1. The summed E-state index contributed by atoms with van der Waals surface area (Å²) in [7, 11) is 0. The number of carbonyl (C=O) groups is 1. The second-order valence-electron chi connectivity index (χ2n) is 16.5. The second-order valence-corrected chi connectivity index (χ2v) is 16.5. The zero-order valence-corrected chi connectivity index (χ0v) is 32.5. The van der Waals surface area contributed by atoms with Gasteiger partial charge >= 0.3 is 0 Å². The van der Waals surface area contributed by atoms with Crippen LogP contribution >= 0.6 is 0 Å². The Morgan fingerprint density at radius 3 is 2.64 bits per heavy atom. The van der Waals surface area contributed by atoms with Crippen molar-refractivity contribution in [3.63, 3.8) is 0 Å². The van der Waals surface area contributed by atoms with E-state index < -0.39 is 48.8 Å². The number of allylic oxidation sites excluding steroid dienone is 1. The SMILES string of the molecule is CCC1C2=CC=NC2=CN1c1c2c(cc3c(=O)cc(C)oc13)C[C@@H](OOC[C@@](O)(Cc1ccc(O)cc1)[C@@H](O)[C@H](O)[C@H](O)CO)[C@]1(CCC[C@@H]([C@@H]3CNC(=O)C3)C1)O2. The molecule has 1 unspecified atom stereocenters. The fourth-order valence-electron chi connectivity index (χ4n) is 9.58. The minimum absolute atomic E-state index is 0.00462. The van der Waals surface area contributed by atoms with Crippen LogP contribution in [0.2, 0.25) is 0 Å². The summed E-state index contributed by atoms with van der Waals surface area (Å²) in [6.07, 6.45) is 2.93. The van der Waals surface area contributed by atoms with Crippen molar-refractivity contribution in [3.8, 4) is 11.5 Å². The van der Waals surface area contributed by atoms with E-state index in [1.165, 1.54) is 30.3 Å². The van der Waals surface area contributed by atoms with Gasteiger partial charge in [-0.2, -0.15) is 0 Å². The molecule has 1 aromatic heterocycles. The summed E-state index contributed by atoms with van der Waals surface area (Å²) in [5.74, 6) is 1.15. The molecule has 1 spiro atoms. The van der Waals surface area contributed by atoms with Crippen LogP contribution < -0.4 is 20.4 Å². The maximum absolute atomic E-state index is 13.7. The highest BCUT2D eigenvalue weighted by Gasteiger charge is 2.53. The number of amides is 1. The van der Waals surface area contributed by atoms with Crippen LogP contribution in [0.5, 0.6) is 11.5 Å². The van der Waals surface area contributed by atoms with Crippen molar-refractivity contribution in [2.75, 3.05) is 24.7 Å². The normalized spacial score (nSPS) is 27.7. The molecule has 9 atom stereocenters. The van der Waals surface area contributed by atoms with Crippen molar-refractivity contribution in [3.05, 3.63) is 87.1 Å². The highest BCUT2D eigenvalue weighted by molar-refractivity contribution is 5.96. The largest absolute Gasteiger partial charge is 0.508 e. The summed E-state index contributed by atoms with van der Waals surface area (Å²) >= 11 is 0. The van der Waals surface area contributed by atoms with Crippen LogP contribution in [0.3, 0.4) is 0 Å². The molecule has 58 heavy (non-hydrogen) atoms. The average Bonchev–Trinajstić information content (AvgIpc) is 3.94. The van der Waals surface area contributed by atoms with Crippen LogP contribution in [0, 0.1) is 18.8 Å². The number of phenolic OH excluding ortho intramolecular Hbond substituents is 1. The van der Waals surface area contributed by atoms with Gasteiger partial charge in [-0.1, -0.05) is 19.1 Å². The van der Waals surface area contributed by atoms with Gasteiger partial charge in [0.05, 0.1) is 23.7 Å². The van der Waals surface area contributed by atoms with Gasteiger partial charge < -0.3 is 50.0 Å². The quantitative estimate of drug-likeness (QED) is 0.0977. The van der Waals surface area contributed by atoms with E-state index in [9.17, 15) is 40.2 Å². The third kappa shape index (κ3) is 7.33. The Hall–Kier alpha value is -4.61. The second kappa shape index (κ2) is 15.9. The first kappa shape index (κ1) is 40.2. The Balaban J connectivity index is 1.18. The Morgan fingerprint density at radius 2 is 1.91 bits per heavy atom. The molecule has 2 aromatic carbocycles. The smallest absolute Gasteiger partial charge is 0.220 e. The Morgan fingerprint density at radius 1 is 1.12 bits per heavy atom. The molecule has 3 aromatic rings. The van der Waals surface area contributed by atoms with E-state index in [4.69, 9.17) is 18.9 Å². The first-order valence-electron chi connectivity index (χ1n) is 20.1. The van der Waals surface area contributed by atoms with Crippen molar-refractivity contribution >= 4 is 28.8 Å². The van der Waals surface area contributed by atoms with Crippen LogP contribution in [0.15, 0.2) is 74.1 Å². The van der Waals surface area contributed by atoms with E-state index in [0.717, 1.165) is 30.5 Å². The monoisotopic (exact) mass is 801 g/mol. The molecule has 8 rings (SSSR count). The molecule has 1 saturated heterocycles. The molecule has 0 radical (unpaired) electrons. The zero-order chi connectivity index (χ0) is 40.9. The Bertz CT molecular complexity index is 2200. The summed E-state index contributed by atoms with van der Waals surface area (Å²) < 4.78 is 13.7. The number of hydrogen-bond acceptors (Lipinski definition) is 14. The molecule has 15 nitrogen and oxygen atoms in total. The summed E-state index contributed by atoms with van der Waals surface area (Å²) in [6.45, 7) is 2.82. The minimum Gasteiger partial charge on any atom is -0.508 e. The van der Waals surface area contributed by atoms with E-state index in [1.807, 2.05) is 12.3 Å². The van der Waals surface area contributed by atoms with Crippen molar-refractivity contribution < 1.29 is 54.4 Å². The number of nitrogens with one attached hydrogen (secondary N) is 1. The number of ether oxygens (including phenoxy) is 1. The van der Waals surface area contributed by atoms with E-state index in [-0.39, 0.29) is 47.8 Å². The standard InChI is InChI=1S/C43H51N3O12/c1-3-32-29-10-12-44-31(29)20-46(32)37-39-26(14-30-33(49)13-23(2)56-40(30)37)15-35(43(57-39)11-4-5-25(18-43)27-16-36(51)45-19-27)58-55-22-42(54,41(53)38(52)34(50)21-47)17-24-6-8-28(48)9-7-24/h6-10,12-14,20,25,27,32,34-35,38,41,47-48,50,52-54H,3-5,11,15-19,21-22H2,1-2H3,(H,45,51)/t25-,27+,32?,34-,35-,38-,41+,42+,43-/m1/s1. The van der Waals surface area contributed by atoms with Crippen molar-refractivity contribution in [2.24, 2.45) is 16.8 Å². The van der Waals surface area contributed by atoms with Gasteiger partial charge in [0.2, 0.25) is 5.91 Å². The highest BCUT2D eigenvalue weighted by atomic mass is 17.2. The van der Waals surface area contributed by atoms with Crippen molar-refractivity contribution in [1.82, 2.24) is 5.32 Å². The topological polar surface area (TPSA) is 224 Å². The molecule has 5 heterocycles. The number of aliphatic imine (C=N–C) groups is 1. The predicted octanol–water partition coefficient (Wildman–Crippen LogP) is 2.62. The summed E-state index contributed by atoms with van der Waals surface area (Å²) in [6, 6.07) is 8.98. The predicted molar refractivity (Wildman–Crippen MR) is 211 cm³/mol. The lowest BCUT2D eigenvalue weighted by Crippen LogP contribution is -2.58. The van der Waals surface area contributed by atoms with Gasteiger partial charge in [-0.3, -0.25) is 14.6 Å². The number of anilines is 1. The van der Waals surface area contributed by atoms with Gasteiger partial charge in [-0.15, -0.1) is 0 Å². The van der Waals surface area contributed by atoms with Crippen molar-refractivity contribution in [2.45, 2.75) is 107 Å². The Kier molecular flexibility index (Phi) is 11.0. The van der Waals surface area contributed by atoms with Gasteiger partial charge in [-0.25, -0.2) is 9.78 Å². The minimum atomic E-state index is -2.26. The highest BCUT2D eigenvalue weighted by Crippen LogP contribution is 2.53. The number of phenols is 1.